The lowest BCUT2D eigenvalue weighted by atomic mass is 9.99. The van der Waals surface area contributed by atoms with Gasteiger partial charge in [-0.25, -0.2) is 4.79 Å². The third-order valence-corrected chi connectivity index (χ3v) is 3.69. The second kappa shape index (κ2) is 7.08. The van der Waals surface area contributed by atoms with Crippen LogP contribution in [0.5, 0.6) is 0 Å². The van der Waals surface area contributed by atoms with Crippen molar-refractivity contribution in [3.05, 3.63) is 35.9 Å². The molecule has 0 radical (unpaired) electrons. The van der Waals surface area contributed by atoms with Crippen molar-refractivity contribution in [1.82, 2.24) is 15.5 Å². The highest BCUT2D eigenvalue weighted by molar-refractivity contribution is 5.79. The molecule has 21 heavy (non-hydrogen) atoms. The summed E-state index contributed by atoms with van der Waals surface area (Å²) in [5, 5.41) is 14.8. The third kappa shape index (κ3) is 4.46. The molecule has 2 amide bonds. The predicted molar refractivity (Wildman–Crippen MR) is 79.3 cm³/mol. The summed E-state index contributed by atoms with van der Waals surface area (Å²) in [6.45, 7) is 1.87. The highest BCUT2D eigenvalue weighted by Gasteiger charge is 2.23. The predicted octanol–water partition coefficient (Wildman–Crippen LogP) is 0.858. The van der Waals surface area contributed by atoms with Crippen molar-refractivity contribution in [3.63, 3.8) is 0 Å². The van der Waals surface area contributed by atoms with Crippen LogP contribution in [0.3, 0.4) is 0 Å². The van der Waals surface area contributed by atoms with Crippen molar-refractivity contribution in [2.45, 2.75) is 18.4 Å². The first-order valence-electron chi connectivity index (χ1n) is 7.07. The number of carbonyl (C=O) groups excluding carboxylic acids is 1. The standard InChI is InChI=1S/C15H21N3O3/c1-18-8-7-12(10-18)17-15(21)16-9-13(14(19)20)11-5-3-2-4-6-11/h2-6,12-13H,7-10H2,1H3,(H,19,20)(H2,16,17,21). The Balaban J connectivity index is 1.84. The number of aliphatic carboxylic acids is 1. The highest BCUT2D eigenvalue weighted by Crippen LogP contribution is 2.14. The van der Waals surface area contributed by atoms with Gasteiger partial charge in [-0.15, -0.1) is 0 Å². The van der Waals surface area contributed by atoms with Crippen LogP contribution >= 0.6 is 0 Å². The molecule has 6 heteroatoms. The summed E-state index contributed by atoms with van der Waals surface area (Å²) in [7, 11) is 2.01. The first kappa shape index (κ1) is 15.3. The fraction of sp³-hybridized carbons (Fsp3) is 0.467. The molecule has 2 unspecified atom stereocenters. The minimum atomic E-state index is -0.943. The fourth-order valence-corrected chi connectivity index (χ4v) is 2.52. The quantitative estimate of drug-likeness (QED) is 0.751. The van der Waals surface area contributed by atoms with E-state index >= 15 is 0 Å². The summed E-state index contributed by atoms with van der Waals surface area (Å²) in [6.07, 6.45) is 0.922. The normalized spacial score (nSPS) is 20.0. The Kier molecular flexibility index (Phi) is 5.16. The molecule has 1 fully saturated rings. The number of likely N-dealkylation sites (tertiary alicyclic amines) is 1. The molecule has 1 aromatic carbocycles. The van der Waals surface area contributed by atoms with Crippen LogP contribution in [0, 0.1) is 0 Å². The van der Waals surface area contributed by atoms with Gasteiger partial charge in [0.1, 0.15) is 0 Å². The zero-order chi connectivity index (χ0) is 15.2. The van der Waals surface area contributed by atoms with Crippen LogP contribution in [0.4, 0.5) is 4.79 Å². The molecule has 3 N–H and O–H groups in total. The molecular formula is C15H21N3O3. The van der Waals surface area contributed by atoms with E-state index in [1.807, 2.05) is 13.1 Å². The van der Waals surface area contributed by atoms with Gasteiger partial charge < -0.3 is 20.6 Å². The lowest BCUT2D eigenvalue weighted by molar-refractivity contribution is -0.138. The second-order valence-electron chi connectivity index (χ2n) is 5.40. The highest BCUT2D eigenvalue weighted by atomic mass is 16.4. The van der Waals surface area contributed by atoms with E-state index < -0.39 is 11.9 Å². The van der Waals surface area contributed by atoms with Crippen LogP contribution in [0.25, 0.3) is 0 Å². The molecule has 2 rings (SSSR count). The van der Waals surface area contributed by atoms with Crippen LogP contribution in [0.2, 0.25) is 0 Å². The first-order chi connectivity index (χ1) is 10.1. The van der Waals surface area contributed by atoms with Crippen molar-refractivity contribution in [2.24, 2.45) is 0 Å². The van der Waals surface area contributed by atoms with E-state index in [1.54, 1.807) is 24.3 Å². The summed E-state index contributed by atoms with van der Waals surface area (Å²) >= 11 is 0. The van der Waals surface area contributed by atoms with Crippen molar-refractivity contribution in [2.75, 3.05) is 26.7 Å². The van der Waals surface area contributed by atoms with E-state index in [0.29, 0.717) is 5.56 Å². The van der Waals surface area contributed by atoms with Gasteiger partial charge in [-0.3, -0.25) is 4.79 Å². The molecule has 2 atom stereocenters. The van der Waals surface area contributed by atoms with Gasteiger partial charge in [0.25, 0.3) is 0 Å². The number of benzene rings is 1. The number of carboxylic acid groups (broad SMARTS) is 1. The molecule has 1 aromatic rings. The Labute approximate surface area is 124 Å². The van der Waals surface area contributed by atoms with Crippen LogP contribution in [0.15, 0.2) is 30.3 Å². The minimum absolute atomic E-state index is 0.0771. The Morgan fingerprint density at radius 3 is 2.67 bits per heavy atom. The van der Waals surface area contributed by atoms with Crippen molar-refractivity contribution in [1.29, 1.82) is 0 Å². The Morgan fingerprint density at radius 1 is 1.38 bits per heavy atom. The van der Waals surface area contributed by atoms with Crippen molar-refractivity contribution in [3.8, 4) is 0 Å². The maximum Gasteiger partial charge on any atom is 0.315 e. The number of hydrogen-bond acceptors (Lipinski definition) is 3. The maximum atomic E-state index is 11.8. The second-order valence-corrected chi connectivity index (χ2v) is 5.40. The molecule has 1 aliphatic heterocycles. The average Bonchev–Trinajstić information content (AvgIpc) is 2.85. The van der Waals surface area contributed by atoms with Gasteiger partial charge in [-0.05, 0) is 25.6 Å². The zero-order valence-electron chi connectivity index (χ0n) is 12.1. The third-order valence-electron chi connectivity index (χ3n) is 3.69. The van der Waals surface area contributed by atoms with Crippen molar-refractivity contribution < 1.29 is 14.7 Å². The van der Waals surface area contributed by atoms with E-state index in [4.69, 9.17) is 0 Å². The number of rotatable bonds is 5. The Bertz CT molecular complexity index is 492. The Hall–Kier alpha value is -2.08. The molecular weight excluding hydrogens is 270 g/mol. The smallest absolute Gasteiger partial charge is 0.315 e. The molecule has 1 heterocycles. The molecule has 0 bridgehead atoms. The van der Waals surface area contributed by atoms with E-state index in [0.717, 1.165) is 19.5 Å². The number of nitrogens with zero attached hydrogens (tertiary/aromatic N) is 1. The van der Waals surface area contributed by atoms with E-state index in [9.17, 15) is 14.7 Å². The summed E-state index contributed by atoms with van der Waals surface area (Å²) in [6, 6.07) is 8.75. The first-order valence-corrected chi connectivity index (χ1v) is 7.07. The lowest BCUT2D eigenvalue weighted by Crippen LogP contribution is -2.44. The van der Waals surface area contributed by atoms with Crippen molar-refractivity contribution >= 4 is 12.0 Å². The largest absolute Gasteiger partial charge is 0.481 e. The average molecular weight is 291 g/mol. The summed E-state index contributed by atoms with van der Waals surface area (Å²) in [5.74, 6) is -1.68. The van der Waals surface area contributed by atoms with Gasteiger partial charge in [-0.2, -0.15) is 0 Å². The minimum Gasteiger partial charge on any atom is -0.481 e. The van der Waals surface area contributed by atoms with Gasteiger partial charge in [0.2, 0.25) is 0 Å². The van der Waals surface area contributed by atoms with E-state index in [-0.39, 0.29) is 18.6 Å². The number of carbonyl (C=O) groups is 2. The molecule has 1 aliphatic rings. The number of likely N-dealkylation sites (N-methyl/N-ethyl adjacent to an activating group) is 1. The van der Waals surface area contributed by atoms with Gasteiger partial charge in [0.05, 0.1) is 5.92 Å². The summed E-state index contributed by atoms with van der Waals surface area (Å²) in [5.41, 5.74) is 0.686. The SMILES string of the molecule is CN1CCC(NC(=O)NCC(C(=O)O)c2ccccc2)C1. The zero-order valence-corrected chi connectivity index (χ0v) is 12.1. The molecule has 0 aliphatic carbocycles. The Morgan fingerprint density at radius 2 is 2.10 bits per heavy atom. The van der Waals surface area contributed by atoms with Gasteiger partial charge >= 0.3 is 12.0 Å². The molecule has 6 nitrogen and oxygen atoms in total. The molecule has 114 valence electrons. The van der Waals surface area contributed by atoms with Crippen LogP contribution in [-0.2, 0) is 4.79 Å². The molecule has 0 aromatic heterocycles. The molecule has 0 spiro atoms. The van der Waals surface area contributed by atoms with E-state index in [1.165, 1.54) is 0 Å². The number of nitrogens with one attached hydrogen (secondary N) is 2. The topological polar surface area (TPSA) is 81.7 Å². The van der Waals surface area contributed by atoms with Crippen LogP contribution in [-0.4, -0.2) is 54.7 Å². The number of urea groups is 1. The molecule has 0 saturated carbocycles. The monoisotopic (exact) mass is 291 g/mol. The number of hydrogen-bond donors (Lipinski definition) is 3. The van der Waals surface area contributed by atoms with Gasteiger partial charge in [-0.1, -0.05) is 30.3 Å². The van der Waals surface area contributed by atoms with Crippen LogP contribution in [0.1, 0.15) is 17.9 Å². The van der Waals surface area contributed by atoms with Crippen LogP contribution < -0.4 is 10.6 Å². The maximum absolute atomic E-state index is 11.8. The number of carboxylic acids is 1. The van der Waals surface area contributed by atoms with E-state index in [2.05, 4.69) is 15.5 Å². The van der Waals surface area contributed by atoms with Gasteiger partial charge in [0, 0.05) is 19.1 Å². The molecule has 1 saturated heterocycles. The lowest BCUT2D eigenvalue weighted by Gasteiger charge is -2.16. The fourth-order valence-electron chi connectivity index (χ4n) is 2.52. The number of amides is 2. The van der Waals surface area contributed by atoms with Gasteiger partial charge in [0.15, 0.2) is 0 Å². The summed E-state index contributed by atoms with van der Waals surface area (Å²) < 4.78 is 0. The summed E-state index contributed by atoms with van der Waals surface area (Å²) in [4.78, 5) is 25.3.